The number of piperazine rings is 2. The molecular formula is C18H31N7O2S. The summed E-state index contributed by atoms with van der Waals surface area (Å²) in [6.45, 7) is 13.1. The van der Waals surface area contributed by atoms with Gasteiger partial charge in [-0.05, 0) is 13.8 Å². The summed E-state index contributed by atoms with van der Waals surface area (Å²) >= 11 is 1.20. The lowest BCUT2D eigenvalue weighted by molar-refractivity contribution is -0.136. The van der Waals surface area contributed by atoms with E-state index in [2.05, 4.69) is 38.7 Å². The Bertz CT molecular complexity index is 685. The SMILES string of the molecule is CC(C)c1nsc(NC(=O)N2CCN(C(=O)[C@H]3CN(C(C)C)CCN3)CC2)n1. The summed E-state index contributed by atoms with van der Waals surface area (Å²) in [5.41, 5.74) is 0. The van der Waals surface area contributed by atoms with Crippen LogP contribution >= 0.6 is 11.5 Å². The Hall–Kier alpha value is -1.78. The molecule has 28 heavy (non-hydrogen) atoms. The maximum atomic E-state index is 12.9. The molecule has 2 N–H and O–H groups in total. The molecule has 0 saturated carbocycles. The van der Waals surface area contributed by atoms with E-state index in [0.29, 0.717) is 37.4 Å². The van der Waals surface area contributed by atoms with Gasteiger partial charge >= 0.3 is 6.03 Å². The van der Waals surface area contributed by atoms with Gasteiger partial charge in [-0.1, -0.05) is 13.8 Å². The smallest absolute Gasteiger partial charge is 0.323 e. The number of nitrogens with one attached hydrogen (secondary N) is 2. The molecule has 3 amide bonds. The third-order valence-electron chi connectivity index (χ3n) is 5.29. The summed E-state index contributed by atoms with van der Waals surface area (Å²) in [5, 5.41) is 6.68. The maximum absolute atomic E-state index is 12.9. The van der Waals surface area contributed by atoms with Crippen molar-refractivity contribution in [3.63, 3.8) is 0 Å². The number of anilines is 1. The Morgan fingerprint density at radius 2 is 1.79 bits per heavy atom. The van der Waals surface area contributed by atoms with Crippen molar-refractivity contribution < 1.29 is 9.59 Å². The lowest BCUT2D eigenvalue weighted by Gasteiger charge is -2.40. The zero-order valence-electron chi connectivity index (χ0n) is 17.1. The van der Waals surface area contributed by atoms with Crippen LogP contribution < -0.4 is 10.6 Å². The number of carbonyl (C=O) groups excluding carboxylic acids is 2. The molecule has 0 aliphatic carbocycles. The predicted molar refractivity (Wildman–Crippen MR) is 110 cm³/mol. The minimum Gasteiger partial charge on any atom is -0.338 e. The first kappa shape index (κ1) is 20.9. The fraction of sp³-hybridized carbons (Fsp3) is 0.778. The van der Waals surface area contributed by atoms with Gasteiger partial charge < -0.3 is 15.1 Å². The van der Waals surface area contributed by atoms with Crippen LogP contribution in [0.4, 0.5) is 9.93 Å². The number of hydrogen-bond acceptors (Lipinski definition) is 7. The van der Waals surface area contributed by atoms with Crippen LogP contribution in [0.25, 0.3) is 0 Å². The zero-order chi connectivity index (χ0) is 20.3. The number of nitrogens with zero attached hydrogens (tertiary/aromatic N) is 5. The van der Waals surface area contributed by atoms with E-state index >= 15 is 0 Å². The lowest BCUT2D eigenvalue weighted by atomic mass is 10.1. The molecule has 0 unspecified atom stereocenters. The molecule has 9 nitrogen and oxygen atoms in total. The minimum absolute atomic E-state index is 0.135. The largest absolute Gasteiger partial charge is 0.338 e. The molecule has 2 saturated heterocycles. The van der Waals surface area contributed by atoms with Crippen molar-refractivity contribution >= 4 is 28.6 Å². The molecule has 0 bridgehead atoms. The number of amides is 3. The molecular weight excluding hydrogens is 378 g/mol. The second-order valence-corrected chi connectivity index (χ2v) is 8.70. The van der Waals surface area contributed by atoms with Crippen molar-refractivity contribution in [2.45, 2.75) is 45.7 Å². The molecule has 1 aromatic heterocycles. The van der Waals surface area contributed by atoms with E-state index in [0.717, 1.165) is 25.5 Å². The predicted octanol–water partition coefficient (Wildman–Crippen LogP) is 1.02. The summed E-state index contributed by atoms with van der Waals surface area (Å²) < 4.78 is 4.25. The molecule has 3 rings (SSSR count). The average Bonchev–Trinajstić information content (AvgIpc) is 3.16. The second-order valence-electron chi connectivity index (χ2n) is 7.95. The second kappa shape index (κ2) is 9.15. The first-order valence-electron chi connectivity index (χ1n) is 10.0. The van der Waals surface area contributed by atoms with Gasteiger partial charge in [-0.3, -0.25) is 15.0 Å². The van der Waals surface area contributed by atoms with Crippen molar-refractivity contribution in [2.75, 3.05) is 51.1 Å². The molecule has 10 heteroatoms. The molecule has 1 aromatic rings. The summed E-state index contributed by atoms with van der Waals surface area (Å²) in [6, 6.07) is 0.0993. The molecule has 0 radical (unpaired) electrons. The molecule has 2 aliphatic heterocycles. The van der Waals surface area contributed by atoms with Gasteiger partial charge in [0.25, 0.3) is 0 Å². The van der Waals surface area contributed by atoms with Crippen LogP contribution in [0.5, 0.6) is 0 Å². The van der Waals surface area contributed by atoms with E-state index in [-0.39, 0.29) is 23.9 Å². The minimum atomic E-state index is -0.180. The van der Waals surface area contributed by atoms with Gasteiger partial charge in [0.2, 0.25) is 11.0 Å². The monoisotopic (exact) mass is 409 g/mol. The average molecular weight is 410 g/mol. The topological polar surface area (TPSA) is 93.7 Å². The molecule has 1 atom stereocenters. The van der Waals surface area contributed by atoms with E-state index in [1.54, 1.807) is 4.90 Å². The van der Waals surface area contributed by atoms with Crippen molar-refractivity contribution in [2.24, 2.45) is 0 Å². The number of urea groups is 1. The van der Waals surface area contributed by atoms with Crippen molar-refractivity contribution in [1.29, 1.82) is 0 Å². The number of hydrogen-bond donors (Lipinski definition) is 2. The van der Waals surface area contributed by atoms with Gasteiger partial charge in [-0.15, -0.1) is 0 Å². The summed E-state index contributed by atoms with van der Waals surface area (Å²) in [7, 11) is 0. The van der Waals surface area contributed by atoms with Gasteiger partial charge in [-0.2, -0.15) is 4.37 Å². The maximum Gasteiger partial charge on any atom is 0.323 e. The number of rotatable bonds is 4. The molecule has 0 aromatic carbocycles. The fourth-order valence-corrected chi connectivity index (χ4v) is 4.15. The summed E-state index contributed by atoms with van der Waals surface area (Å²) in [4.78, 5) is 35.6. The summed E-state index contributed by atoms with van der Waals surface area (Å²) in [6.07, 6.45) is 0. The fourth-order valence-electron chi connectivity index (χ4n) is 3.45. The Morgan fingerprint density at radius 3 is 2.39 bits per heavy atom. The number of aromatic nitrogens is 2. The van der Waals surface area contributed by atoms with Gasteiger partial charge in [-0.25, -0.2) is 9.78 Å². The van der Waals surface area contributed by atoms with E-state index in [9.17, 15) is 9.59 Å². The van der Waals surface area contributed by atoms with Crippen LogP contribution in [-0.2, 0) is 4.79 Å². The highest BCUT2D eigenvalue weighted by Gasteiger charge is 2.32. The highest BCUT2D eigenvalue weighted by Crippen LogP contribution is 2.18. The first-order valence-corrected chi connectivity index (χ1v) is 10.8. The van der Waals surface area contributed by atoms with E-state index < -0.39 is 0 Å². The third kappa shape index (κ3) is 4.98. The van der Waals surface area contributed by atoms with Crippen molar-refractivity contribution in [3.05, 3.63) is 5.82 Å². The summed E-state index contributed by atoms with van der Waals surface area (Å²) in [5.74, 6) is 1.11. The van der Waals surface area contributed by atoms with Crippen LogP contribution in [-0.4, -0.2) is 93.9 Å². The molecule has 2 fully saturated rings. The number of carbonyl (C=O) groups is 2. The Kier molecular flexibility index (Phi) is 6.84. The van der Waals surface area contributed by atoms with Crippen molar-refractivity contribution in [1.82, 2.24) is 29.4 Å². The molecule has 3 heterocycles. The van der Waals surface area contributed by atoms with Crippen molar-refractivity contribution in [3.8, 4) is 0 Å². The van der Waals surface area contributed by atoms with Crippen LogP contribution in [0.2, 0.25) is 0 Å². The Labute approximate surface area is 170 Å². The molecule has 2 aliphatic rings. The molecule has 0 spiro atoms. The first-order chi connectivity index (χ1) is 13.3. The van der Waals surface area contributed by atoms with Gasteiger partial charge in [0.1, 0.15) is 5.82 Å². The normalized spacial score (nSPS) is 21.4. The van der Waals surface area contributed by atoms with Gasteiger partial charge in [0.05, 0.1) is 6.04 Å². The zero-order valence-corrected chi connectivity index (χ0v) is 18.0. The quantitative estimate of drug-likeness (QED) is 0.771. The Morgan fingerprint density at radius 1 is 1.11 bits per heavy atom. The van der Waals surface area contributed by atoms with Crippen LogP contribution in [0, 0.1) is 0 Å². The van der Waals surface area contributed by atoms with Crippen LogP contribution in [0.1, 0.15) is 39.4 Å². The molecule has 156 valence electrons. The van der Waals surface area contributed by atoms with Gasteiger partial charge in [0, 0.05) is 69.3 Å². The van der Waals surface area contributed by atoms with Gasteiger partial charge in [0.15, 0.2) is 0 Å². The highest BCUT2D eigenvalue weighted by atomic mass is 32.1. The lowest BCUT2D eigenvalue weighted by Crippen LogP contribution is -2.61. The van der Waals surface area contributed by atoms with E-state index in [1.165, 1.54) is 11.5 Å². The highest BCUT2D eigenvalue weighted by molar-refractivity contribution is 7.09. The van der Waals surface area contributed by atoms with Crippen LogP contribution in [0.3, 0.4) is 0 Å². The van der Waals surface area contributed by atoms with Crippen LogP contribution in [0.15, 0.2) is 0 Å². The van der Waals surface area contributed by atoms with E-state index in [4.69, 9.17) is 0 Å². The van der Waals surface area contributed by atoms with E-state index in [1.807, 2.05) is 18.7 Å². The standard InChI is InChI=1S/C18H31N7O2S/c1-12(2)15-20-17(28-22-15)21-18(27)24-9-7-23(8-10-24)16(26)14-11-25(13(3)4)6-5-19-14/h12-14,19H,5-11H2,1-4H3,(H,20,21,22,27)/t14-/m1/s1. The third-order valence-corrected chi connectivity index (χ3v) is 5.93. The Balaban J connectivity index is 1.48.